The van der Waals surface area contributed by atoms with Gasteiger partial charge in [-0.15, -0.1) is 6.58 Å². The number of aromatic nitrogens is 2. The highest BCUT2D eigenvalue weighted by molar-refractivity contribution is 8.01. The molecular weight excluding hydrogens is 222 g/mol. The summed E-state index contributed by atoms with van der Waals surface area (Å²) in [7, 11) is 1.46. The Hall–Kier alpha value is -1.08. The van der Waals surface area contributed by atoms with Crippen molar-refractivity contribution in [3.63, 3.8) is 0 Å². The Morgan fingerprint density at radius 3 is 3.14 bits per heavy atom. The van der Waals surface area contributed by atoms with Crippen molar-refractivity contribution in [2.45, 2.75) is 4.34 Å². The normalized spacial score (nSPS) is 9.79. The number of nitrogens with one attached hydrogen (secondary N) is 1. The molecule has 0 radical (unpaired) electrons. The molecule has 0 unspecified atom stereocenters. The maximum atomic E-state index is 11.2. The van der Waals surface area contributed by atoms with Crippen molar-refractivity contribution in [3.8, 4) is 0 Å². The fraction of sp³-hybridized carbons (Fsp3) is 0.286. The zero-order chi connectivity index (χ0) is 10.6. The summed E-state index contributed by atoms with van der Waals surface area (Å²) in [6.45, 7) is 3.55. The number of rotatable bonds is 3. The molecule has 0 aromatic carbocycles. The summed E-state index contributed by atoms with van der Waals surface area (Å²) in [5, 5.41) is 2.36. The van der Waals surface area contributed by atoms with E-state index in [0.717, 1.165) is 15.5 Å². The first kappa shape index (κ1) is 11.0. The van der Waals surface area contributed by atoms with Crippen molar-refractivity contribution in [2.75, 3.05) is 12.8 Å². The predicted molar refractivity (Wildman–Crippen MR) is 57.1 cm³/mol. The Labute approximate surface area is 89.0 Å². The zero-order valence-corrected chi connectivity index (χ0v) is 9.15. The van der Waals surface area contributed by atoms with Gasteiger partial charge in [-0.3, -0.25) is 0 Å². The second-order valence-electron chi connectivity index (χ2n) is 2.20. The largest absolute Gasteiger partial charge is 0.367 e. The Morgan fingerprint density at radius 2 is 2.57 bits per heavy atom. The van der Waals surface area contributed by atoms with E-state index >= 15 is 0 Å². The maximum absolute atomic E-state index is 11.2. The molecule has 1 N–H and O–H groups in total. The lowest BCUT2D eigenvalue weighted by molar-refractivity contribution is 0.245. The monoisotopic (exact) mass is 231 g/mol. The van der Waals surface area contributed by atoms with Crippen molar-refractivity contribution >= 4 is 29.3 Å². The molecule has 76 valence electrons. The van der Waals surface area contributed by atoms with Crippen LogP contribution in [0.5, 0.6) is 0 Å². The Kier molecular flexibility index (Phi) is 3.90. The van der Waals surface area contributed by atoms with Gasteiger partial charge in [0.25, 0.3) is 0 Å². The molecule has 1 heterocycles. The van der Waals surface area contributed by atoms with E-state index in [0.29, 0.717) is 10.1 Å². The summed E-state index contributed by atoms with van der Waals surface area (Å²) in [5.41, 5.74) is -0.541. The average Bonchev–Trinajstić information content (AvgIpc) is 2.55. The van der Waals surface area contributed by atoms with Gasteiger partial charge < -0.3 is 5.32 Å². The highest BCUT2D eigenvalue weighted by Gasteiger charge is 2.11. The number of thioether (sulfide) groups is 1. The number of carbonyl (C=O) groups is 1. The molecule has 0 bridgehead atoms. The van der Waals surface area contributed by atoms with Crippen LogP contribution in [0.15, 0.2) is 21.8 Å². The van der Waals surface area contributed by atoms with E-state index in [4.69, 9.17) is 0 Å². The first-order valence-electron chi connectivity index (χ1n) is 3.75. The number of carbonyl (C=O) groups excluding carboxylic acids is 1. The Balaban J connectivity index is 2.87. The van der Waals surface area contributed by atoms with Gasteiger partial charge >= 0.3 is 11.7 Å². The molecule has 1 rings (SSSR count). The minimum Gasteiger partial charge on any atom is -0.340 e. The van der Waals surface area contributed by atoms with E-state index in [1.165, 1.54) is 18.8 Å². The molecule has 1 aromatic heterocycles. The predicted octanol–water partition coefficient (Wildman–Crippen LogP) is 0.770. The van der Waals surface area contributed by atoms with Gasteiger partial charge in [0.2, 0.25) is 0 Å². The van der Waals surface area contributed by atoms with Crippen molar-refractivity contribution in [1.82, 2.24) is 14.3 Å². The second kappa shape index (κ2) is 4.97. The van der Waals surface area contributed by atoms with Gasteiger partial charge in [0.15, 0.2) is 4.34 Å². The lowest BCUT2D eigenvalue weighted by atomic mass is 10.8. The molecule has 0 saturated heterocycles. The molecule has 0 aliphatic carbocycles. The lowest BCUT2D eigenvalue weighted by Crippen LogP contribution is -2.30. The van der Waals surface area contributed by atoms with Crippen LogP contribution in [-0.4, -0.2) is 27.8 Å². The van der Waals surface area contributed by atoms with E-state index in [1.807, 2.05) is 0 Å². The molecule has 0 fully saturated rings. The minimum atomic E-state index is -0.541. The van der Waals surface area contributed by atoms with Crippen LogP contribution in [0.25, 0.3) is 0 Å². The van der Waals surface area contributed by atoms with Gasteiger partial charge in [0.1, 0.15) is 0 Å². The van der Waals surface area contributed by atoms with Crippen LogP contribution in [0.2, 0.25) is 0 Å². The van der Waals surface area contributed by atoms with E-state index in [-0.39, 0.29) is 0 Å². The van der Waals surface area contributed by atoms with E-state index in [2.05, 4.69) is 16.9 Å². The number of nitrogens with zero attached hydrogens (tertiary/aromatic N) is 2. The molecule has 1 aromatic rings. The standard InChI is InChI=1S/C7H9N3O2S2/c1-3-4-13-7-9-6(12)10(14-7)5(11)8-2/h3H,1,4H2,2H3,(H,8,11). The van der Waals surface area contributed by atoms with E-state index in [1.54, 1.807) is 6.08 Å². The molecule has 7 heteroatoms. The molecule has 0 atom stereocenters. The van der Waals surface area contributed by atoms with Crippen molar-refractivity contribution in [2.24, 2.45) is 0 Å². The third-order valence-corrected chi connectivity index (χ3v) is 3.32. The van der Waals surface area contributed by atoms with Crippen LogP contribution in [-0.2, 0) is 0 Å². The summed E-state index contributed by atoms with van der Waals surface area (Å²) >= 11 is 2.40. The third-order valence-electron chi connectivity index (χ3n) is 1.25. The van der Waals surface area contributed by atoms with Crippen molar-refractivity contribution in [1.29, 1.82) is 0 Å². The topological polar surface area (TPSA) is 64.0 Å². The van der Waals surface area contributed by atoms with Gasteiger partial charge in [-0.1, -0.05) is 17.8 Å². The van der Waals surface area contributed by atoms with Gasteiger partial charge in [0.05, 0.1) is 0 Å². The number of hydrogen-bond acceptors (Lipinski definition) is 5. The van der Waals surface area contributed by atoms with E-state index < -0.39 is 11.7 Å². The number of amides is 1. The summed E-state index contributed by atoms with van der Waals surface area (Å²) in [4.78, 5) is 26.0. The first-order valence-corrected chi connectivity index (χ1v) is 5.51. The minimum absolute atomic E-state index is 0.460. The quantitative estimate of drug-likeness (QED) is 0.616. The Bertz CT molecular complexity index is 396. The van der Waals surface area contributed by atoms with E-state index in [9.17, 15) is 9.59 Å². The number of hydrogen-bond donors (Lipinski definition) is 1. The first-order chi connectivity index (χ1) is 6.69. The molecule has 0 saturated carbocycles. The molecule has 14 heavy (non-hydrogen) atoms. The van der Waals surface area contributed by atoms with Crippen LogP contribution in [0, 0.1) is 0 Å². The van der Waals surface area contributed by atoms with Gasteiger partial charge in [-0.05, 0) is 11.5 Å². The van der Waals surface area contributed by atoms with Crippen LogP contribution in [0.4, 0.5) is 4.79 Å². The van der Waals surface area contributed by atoms with Gasteiger partial charge in [-0.25, -0.2) is 9.59 Å². The maximum Gasteiger partial charge on any atom is 0.367 e. The van der Waals surface area contributed by atoms with Crippen molar-refractivity contribution in [3.05, 3.63) is 23.1 Å². The molecule has 5 nitrogen and oxygen atoms in total. The summed E-state index contributed by atoms with van der Waals surface area (Å²) in [6, 6.07) is -0.460. The highest BCUT2D eigenvalue weighted by atomic mass is 32.2. The fourth-order valence-electron chi connectivity index (χ4n) is 0.680. The Morgan fingerprint density at radius 1 is 1.86 bits per heavy atom. The van der Waals surface area contributed by atoms with Crippen LogP contribution in [0.1, 0.15) is 0 Å². The summed E-state index contributed by atoms with van der Waals surface area (Å²) in [6.07, 6.45) is 1.71. The second-order valence-corrected chi connectivity index (χ2v) is 4.40. The van der Waals surface area contributed by atoms with Crippen molar-refractivity contribution < 1.29 is 4.79 Å². The third kappa shape index (κ3) is 2.46. The summed E-state index contributed by atoms with van der Waals surface area (Å²) < 4.78 is 1.55. The zero-order valence-electron chi connectivity index (χ0n) is 7.52. The highest BCUT2D eigenvalue weighted by Crippen LogP contribution is 2.18. The van der Waals surface area contributed by atoms with Crippen LogP contribution >= 0.6 is 23.3 Å². The molecule has 0 aliphatic heterocycles. The molecule has 0 aliphatic rings. The SMILES string of the molecule is C=CCSc1nc(=O)n(C(=O)NC)s1. The molecule has 0 spiro atoms. The van der Waals surface area contributed by atoms with Crippen LogP contribution in [0.3, 0.4) is 0 Å². The molecule has 1 amide bonds. The molecular formula is C7H9N3O2S2. The van der Waals surface area contributed by atoms with Gasteiger partial charge in [0, 0.05) is 12.8 Å². The lowest BCUT2D eigenvalue weighted by Gasteiger charge is -1.93. The fourth-order valence-corrected chi connectivity index (χ4v) is 2.29. The van der Waals surface area contributed by atoms with Gasteiger partial charge in [-0.2, -0.15) is 8.94 Å². The van der Waals surface area contributed by atoms with Crippen LogP contribution < -0.4 is 11.0 Å². The average molecular weight is 231 g/mol. The summed E-state index contributed by atoms with van der Waals surface area (Å²) in [5.74, 6) is 0.667. The smallest absolute Gasteiger partial charge is 0.340 e.